The number of methoxy groups -OCH3 is 1. The van der Waals surface area contributed by atoms with Crippen LogP contribution in [0.2, 0.25) is 0 Å². The van der Waals surface area contributed by atoms with Crippen molar-refractivity contribution in [2.24, 2.45) is 0 Å². The molecule has 0 atom stereocenters. The minimum Gasteiger partial charge on any atom is -0.493 e. The summed E-state index contributed by atoms with van der Waals surface area (Å²) < 4.78 is 16.8. The molecule has 0 radical (unpaired) electrons. The van der Waals surface area contributed by atoms with Crippen LogP contribution in [0.15, 0.2) is 48.5 Å². The van der Waals surface area contributed by atoms with E-state index < -0.39 is 17.2 Å². The predicted molar refractivity (Wildman–Crippen MR) is 137 cm³/mol. The van der Waals surface area contributed by atoms with Gasteiger partial charge in [0.25, 0.3) is 0 Å². The summed E-state index contributed by atoms with van der Waals surface area (Å²) in [5.74, 6) is 1.21. The smallest absolute Gasteiger partial charge is 0.407 e. The van der Waals surface area contributed by atoms with Crippen LogP contribution >= 0.6 is 0 Å². The quantitative estimate of drug-likeness (QED) is 0.515. The Balaban J connectivity index is 2.08. The normalized spacial score (nSPS) is 11.4. The van der Waals surface area contributed by atoms with Crippen LogP contribution in [0.3, 0.4) is 0 Å². The fourth-order valence-electron chi connectivity index (χ4n) is 3.14. The van der Waals surface area contributed by atoms with Gasteiger partial charge >= 0.3 is 12.1 Å². The Morgan fingerprint density at radius 3 is 2.20 bits per heavy atom. The molecule has 2 N–H and O–H groups in total. The van der Waals surface area contributed by atoms with Gasteiger partial charge in [0.2, 0.25) is 0 Å². The van der Waals surface area contributed by atoms with E-state index in [0.717, 1.165) is 11.1 Å². The highest BCUT2D eigenvalue weighted by Crippen LogP contribution is 2.29. The number of nitrogens with one attached hydrogen (secondary N) is 2. The van der Waals surface area contributed by atoms with Crippen LogP contribution in [0.1, 0.15) is 52.7 Å². The number of hydrogen-bond donors (Lipinski definition) is 2. The highest BCUT2D eigenvalue weighted by Gasteiger charge is 2.21. The second-order valence-electron chi connectivity index (χ2n) is 10.3. The third kappa shape index (κ3) is 10.6. The second-order valence-corrected chi connectivity index (χ2v) is 10.3. The Kier molecular flexibility index (Phi) is 9.80. The summed E-state index contributed by atoms with van der Waals surface area (Å²) in [5, 5.41) is 5.69. The summed E-state index contributed by atoms with van der Waals surface area (Å²) in [5.41, 5.74) is 0.936. The molecule has 2 rings (SSSR count). The van der Waals surface area contributed by atoms with Crippen molar-refractivity contribution in [3.05, 3.63) is 59.7 Å². The van der Waals surface area contributed by atoms with Crippen molar-refractivity contribution in [2.45, 2.75) is 65.8 Å². The van der Waals surface area contributed by atoms with Crippen LogP contribution in [-0.4, -0.2) is 48.4 Å². The SMILES string of the molecule is COc1cc(CN(CCNC(=O)OC(C)(C)C)C(=O)NC(C)(C)C)ccc1OCc1ccccc1. The third-order valence-electron chi connectivity index (χ3n) is 4.66. The van der Waals surface area contributed by atoms with Crippen molar-refractivity contribution in [3.63, 3.8) is 0 Å². The molecule has 0 bridgehead atoms. The van der Waals surface area contributed by atoms with E-state index in [2.05, 4.69) is 10.6 Å². The van der Waals surface area contributed by atoms with E-state index in [9.17, 15) is 9.59 Å². The Labute approximate surface area is 208 Å². The van der Waals surface area contributed by atoms with Crippen LogP contribution in [-0.2, 0) is 17.9 Å². The molecule has 0 spiro atoms. The van der Waals surface area contributed by atoms with Crippen molar-refractivity contribution >= 4 is 12.1 Å². The van der Waals surface area contributed by atoms with Crippen molar-refractivity contribution in [1.82, 2.24) is 15.5 Å². The lowest BCUT2D eigenvalue weighted by molar-refractivity contribution is 0.0522. The molecule has 0 aliphatic carbocycles. The van der Waals surface area contributed by atoms with E-state index in [1.54, 1.807) is 32.8 Å². The van der Waals surface area contributed by atoms with Gasteiger partial charge in [0.05, 0.1) is 7.11 Å². The van der Waals surface area contributed by atoms with E-state index >= 15 is 0 Å². The maximum absolute atomic E-state index is 13.0. The predicted octanol–water partition coefficient (Wildman–Crippen LogP) is 5.11. The van der Waals surface area contributed by atoms with Crippen LogP contribution < -0.4 is 20.1 Å². The number of benzene rings is 2. The molecule has 2 aromatic rings. The van der Waals surface area contributed by atoms with Gasteiger partial charge in [-0.05, 0) is 64.8 Å². The van der Waals surface area contributed by atoms with E-state index in [1.165, 1.54) is 0 Å². The Morgan fingerprint density at radius 1 is 0.914 bits per heavy atom. The molecule has 0 aliphatic heterocycles. The highest BCUT2D eigenvalue weighted by atomic mass is 16.6. The Morgan fingerprint density at radius 2 is 1.60 bits per heavy atom. The van der Waals surface area contributed by atoms with Crippen LogP contribution in [0, 0.1) is 0 Å². The van der Waals surface area contributed by atoms with E-state index in [0.29, 0.717) is 31.2 Å². The van der Waals surface area contributed by atoms with Crippen molar-refractivity contribution in [1.29, 1.82) is 0 Å². The van der Waals surface area contributed by atoms with Crippen molar-refractivity contribution in [3.8, 4) is 11.5 Å². The number of ether oxygens (including phenoxy) is 3. The van der Waals surface area contributed by atoms with Gasteiger partial charge in [-0.15, -0.1) is 0 Å². The number of alkyl carbamates (subject to hydrolysis) is 1. The molecule has 0 unspecified atom stereocenters. The topological polar surface area (TPSA) is 89.1 Å². The fourth-order valence-corrected chi connectivity index (χ4v) is 3.14. The lowest BCUT2D eigenvalue weighted by atomic mass is 10.1. The molecular formula is C27H39N3O5. The minimum absolute atomic E-state index is 0.230. The first-order valence-electron chi connectivity index (χ1n) is 11.7. The number of nitrogens with zero attached hydrogens (tertiary/aromatic N) is 1. The largest absolute Gasteiger partial charge is 0.493 e. The molecule has 0 aliphatic rings. The number of rotatable bonds is 9. The standard InChI is InChI=1S/C27H39N3O5/c1-26(2,3)29-24(31)30(16-15-28-25(32)35-27(4,5)6)18-21-13-14-22(23(17-21)33-7)34-19-20-11-9-8-10-12-20/h8-14,17H,15-16,18-19H2,1-7H3,(H,28,32)(H,29,31). The van der Waals surface area contributed by atoms with Crippen molar-refractivity contribution in [2.75, 3.05) is 20.2 Å². The van der Waals surface area contributed by atoms with Gasteiger partial charge in [0, 0.05) is 25.2 Å². The van der Waals surface area contributed by atoms with Gasteiger partial charge in [0.1, 0.15) is 12.2 Å². The number of urea groups is 1. The van der Waals surface area contributed by atoms with Crippen LogP contribution in [0.5, 0.6) is 11.5 Å². The molecule has 35 heavy (non-hydrogen) atoms. The zero-order chi connectivity index (χ0) is 26.1. The highest BCUT2D eigenvalue weighted by molar-refractivity contribution is 5.75. The molecule has 0 saturated carbocycles. The summed E-state index contributed by atoms with van der Waals surface area (Å²) in [4.78, 5) is 26.6. The average Bonchev–Trinajstić information content (AvgIpc) is 2.75. The summed E-state index contributed by atoms with van der Waals surface area (Å²) in [6.07, 6.45) is -0.518. The van der Waals surface area contributed by atoms with Gasteiger partial charge in [-0.1, -0.05) is 36.4 Å². The van der Waals surface area contributed by atoms with Crippen LogP contribution in [0.4, 0.5) is 9.59 Å². The number of amides is 3. The van der Waals surface area contributed by atoms with E-state index in [-0.39, 0.29) is 12.6 Å². The monoisotopic (exact) mass is 485 g/mol. The molecule has 3 amide bonds. The third-order valence-corrected chi connectivity index (χ3v) is 4.66. The molecular weight excluding hydrogens is 446 g/mol. The lowest BCUT2D eigenvalue weighted by Gasteiger charge is -2.29. The Hall–Kier alpha value is -3.42. The lowest BCUT2D eigenvalue weighted by Crippen LogP contribution is -2.50. The van der Waals surface area contributed by atoms with Crippen LogP contribution in [0.25, 0.3) is 0 Å². The van der Waals surface area contributed by atoms with Crippen molar-refractivity contribution < 1.29 is 23.8 Å². The number of hydrogen-bond acceptors (Lipinski definition) is 5. The second kappa shape index (κ2) is 12.3. The molecule has 0 fully saturated rings. The minimum atomic E-state index is -0.589. The van der Waals surface area contributed by atoms with Gasteiger partial charge in [0.15, 0.2) is 11.5 Å². The first-order chi connectivity index (χ1) is 16.4. The summed E-state index contributed by atoms with van der Waals surface area (Å²) in [7, 11) is 1.59. The molecule has 8 nitrogen and oxygen atoms in total. The molecule has 8 heteroatoms. The summed E-state index contributed by atoms with van der Waals surface area (Å²) >= 11 is 0. The molecule has 0 saturated heterocycles. The first-order valence-corrected chi connectivity index (χ1v) is 11.7. The van der Waals surface area contributed by atoms with Gasteiger partial charge < -0.3 is 29.7 Å². The number of carbonyl (C=O) groups is 2. The molecule has 0 heterocycles. The van der Waals surface area contributed by atoms with E-state index in [1.807, 2.05) is 69.3 Å². The van der Waals surface area contributed by atoms with E-state index in [4.69, 9.17) is 14.2 Å². The first kappa shape index (κ1) is 27.8. The van der Waals surface area contributed by atoms with Gasteiger partial charge in [-0.25, -0.2) is 9.59 Å². The fraction of sp³-hybridized carbons (Fsp3) is 0.481. The zero-order valence-electron chi connectivity index (χ0n) is 21.9. The zero-order valence-corrected chi connectivity index (χ0v) is 21.9. The average molecular weight is 486 g/mol. The summed E-state index contributed by atoms with van der Waals surface area (Å²) in [6.45, 7) is 12.5. The Bertz CT molecular complexity index is 965. The molecule has 0 aromatic heterocycles. The van der Waals surface area contributed by atoms with Gasteiger partial charge in [-0.2, -0.15) is 0 Å². The maximum Gasteiger partial charge on any atom is 0.407 e. The van der Waals surface area contributed by atoms with Gasteiger partial charge in [-0.3, -0.25) is 0 Å². The number of carbonyl (C=O) groups excluding carboxylic acids is 2. The molecule has 2 aromatic carbocycles. The summed E-state index contributed by atoms with van der Waals surface area (Å²) in [6, 6.07) is 15.3. The maximum atomic E-state index is 13.0. The molecule has 192 valence electrons.